The van der Waals surface area contributed by atoms with Crippen LogP contribution in [-0.2, 0) is 11.2 Å². The molecule has 1 aliphatic rings. The Bertz CT molecular complexity index is 1030. The average molecular weight is 434 g/mol. The summed E-state index contributed by atoms with van der Waals surface area (Å²) in [7, 11) is 3.60. The number of hydrogen-bond donors (Lipinski definition) is 0. The molecule has 0 N–H and O–H groups in total. The van der Waals surface area contributed by atoms with Crippen molar-refractivity contribution in [3.63, 3.8) is 0 Å². The van der Waals surface area contributed by atoms with Crippen LogP contribution in [0, 0.1) is 5.41 Å². The van der Waals surface area contributed by atoms with E-state index < -0.39 is 5.41 Å². The van der Waals surface area contributed by atoms with Crippen molar-refractivity contribution in [2.24, 2.45) is 5.41 Å². The van der Waals surface area contributed by atoms with Crippen molar-refractivity contribution in [2.75, 3.05) is 27.2 Å². The van der Waals surface area contributed by atoms with Crippen molar-refractivity contribution >= 4 is 23.2 Å². The number of rotatable bonds is 5. The van der Waals surface area contributed by atoms with Gasteiger partial charge in [-0.2, -0.15) is 0 Å². The zero-order valence-electron chi connectivity index (χ0n) is 18.0. The first kappa shape index (κ1) is 21.2. The molecular formula is C25H27N3O2S. The minimum absolute atomic E-state index is 0.0360. The maximum Gasteiger partial charge on any atom is 0.253 e. The molecule has 2 aromatic heterocycles. The molecule has 0 aliphatic carbocycles. The topological polar surface area (TPSA) is 53.5 Å². The molecule has 1 fully saturated rings. The SMILES string of the molecule is CN(C)C(=O)[C@@]1(Cc2ccc(-c3cccs3)cc2)CCCN(C(=O)c2ccncc2)C1. The Hall–Kier alpha value is -2.99. The minimum atomic E-state index is -0.616. The number of likely N-dealkylation sites (tertiary alicyclic amines) is 1. The van der Waals surface area contributed by atoms with Crippen LogP contribution < -0.4 is 0 Å². The van der Waals surface area contributed by atoms with Gasteiger partial charge in [0.25, 0.3) is 5.91 Å². The minimum Gasteiger partial charge on any atom is -0.348 e. The highest BCUT2D eigenvalue weighted by Crippen LogP contribution is 2.36. The summed E-state index contributed by atoms with van der Waals surface area (Å²) < 4.78 is 0. The highest BCUT2D eigenvalue weighted by Gasteiger charge is 2.44. The van der Waals surface area contributed by atoms with Gasteiger partial charge in [0.1, 0.15) is 0 Å². The molecule has 3 heterocycles. The Morgan fingerprint density at radius 3 is 2.48 bits per heavy atom. The van der Waals surface area contributed by atoms with Crippen LogP contribution in [-0.4, -0.2) is 53.8 Å². The number of hydrogen-bond acceptors (Lipinski definition) is 4. The second-order valence-electron chi connectivity index (χ2n) is 8.40. The van der Waals surface area contributed by atoms with E-state index in [0.717, 1.165) is 18.4 Å². The molecule has 3 aromatic rings. The van der Waals surface area contributed by atoms with E-state index in [1.54, 1.807) is 54.9 Å². The Morgan fingerprint density at radius 1 is 1.10 bits per heavy atom. The van der Waals surface area contributed by atoms with Crippen LogP contribution in [0.15, 0.2) is 66.3 Å². The van der Waals surface area contributed by atoms with E-state index in [1.807, 2.05) is 4.90 Å². The van der Waals surface area contributed by atoms with Gasteiger partial charge in [-0.15, -0.1) is 11.3 Å². The van der Waals surface area contributed by atoms with Crippen LogP contribution >= 0.6 is 11.3 Å². The van der Waals surface area contributed by atoms with Crippen molar-refractivity contribution in [3.05, 3.63) is 77.4 Å². The first-order valence-corrected chi connectivity index (χ1v) is 11.4. The molecule has 1 aliphatic heterocycles. The summed E-state index contributed by atoms with van der Waals surface area (Å²) in [6.07, 6.45) is 5.46. The lowest BCUT2D eigenvalue weighted by Gasteiger charge is -2.43. The second kappa shape index (κ2) is 9.02. The van der Waals surface area contributed by atoms with E-state index >= 15 is 0 Å². The van der Waals surface area contributed by atoms with Crippen LogP contribution in [0.25, 0.3) is 10.4 Å². The van der Waals surface area contributed by atoms with Crippen molar-refractivity contribution in [1.82, 2.24) is 14.8 Å². The summed E-state index contributed by atoms with van der Waals surface area (Å²) >= 11 is 1.72. The lowest BCUT2D eigenvalue weighted by molar-refractivity contribution is -0.142. The predicted molar refractivity (Wildman–Crippen MR) is 124 cm³/mol. The maximum atomic E-state index is 13.4. The van der Waals surface area contributed by atoms with Crippen LogP contribution in [0.1, 0.15) is 28.8 Å². The summed E-state index contributed by atoms with van der Waals surface area (Å²) in [6.45, 7) is 1.10. The molecule has 4 rings (SSSR count). The fraction of sp³-hybridized carbons (Fsp3) is 0.320. The molecule has 0 unspecified atom stereocenters. The van der Waals surface area contributed by atoms with Crippen LogP contribution in [0.3, 0.4) is 0 Å². The zero-order chi connectivity index (χ0) is 21.8. The molecule has 1 atom stereocenters. The molecule has 160 valence electrons. The number of aromatic nitrogens is 1. The highest BCUT2D eigenvalue weighted by atomic mass is 32.1. The molecule has 6 heteroatoms. The normalized spacial score (nSPS) is 18.6. The van der Waals surface area contributed by atoms with Gasteiger partial charge in [0, 0.05) is 50.0 Å². The van der Waals surface area contributed by atoms with Gasteiger partial charge in [0.2, 0.25) is 5.91 Å². The lowest BCUT2D eigenvalue weighted by Crippen LogP contribution is -2.54. The standard InChI is InChI=1S/C25H27N3O2S/c1-27(2)24(30)25(17-19-6-8-20(9-7-19)22-5-3-16-31-22)12-4-15-28(18-25)23(29)21-10-13-26-14-11-21/h3,5-11,13-14,16H,4,12,15,17-18H2,1-2H3/t25-/m1/s1. The van der Waals surface area contributed by atoms with E-state index in [9.17, 15) is 9.59 Å². The third-order valence-corrected chi connectivity index (χ3v) is 6.87. The van der Waals surface area contributed by atoms with Crippen molar-refractivity contribution in [3.8, 4) is 10.4 Å². The summed E-state index contributed by atoms with van der Waals surface area (Å²) in [5, 5.41) is 2.07. The fourth-order valence-corrected chi connectivity index (χ4v) is 5.20. The predicted octanol–water partition coefficient (Wildman–Crippen LogP) is 4.36. The number of pyridine rings is 1. The molecule has 31 heavy (non-hydrogen) atoms. The number of amides is 2. The number of nitrogens with zero attached hydrogens (tertiary/aromatic N) is 3. The van der Waals surface area contributed by atoms with Gasteiger partial charge in [-0.05, 0) is 54.0 Å². The monoisotopic (exact) mass is 433 g/mol. The molecule has 0 saturated carbocycles. The van der Waals surface area contributed by atoms with E-state index in [4.69, 9.17) is 0 Å². The number of benzene rings is 1. The Morgan fingerprint density at radius 2 is 1.84 bits per heavy atom. The number of carbonyl (C=O) groups excluding carboxylic acids is 2. The molecule has 0 bridgehead atoms. The zero-order valence-corrected chi connectivity index (χ0v) is 18.8. The summed E-state index contributed by atoms with van der Waals surface area (Å²) in [4.78, 5) is 35.2. The summed E-state index contributed by atoms with van der Waals surface area (Å²) in [6, 6.07) is 16.1. The number of thiophene rings is 1. The van der Waals surface area contributed by atoms with E-state index in [0.29, 0.717) is 25.1 Å². The third-order valence-electron chi connectivity index (χ3n) is 5.95. The van der Waals surface area contributed by atoms with Gasteiger partial charge in [-0.25, -0.2) is 0 Å². The highest BCUT2D eigenvalue weighted by molar-refractivity contribution is 7.13. The maximum absolute atomic E-state index is 13.4. The van der Waals surface area contributed by atoms with E-state index in [1.165, 1.54) is 10.4 Å². The van der Waals surface area contributed by atoms with Gasteiger partial charge in [-0.3, -0.25) is 14.6 Å². The summed E-state index contributed by atoms with van der Waals surface area (Å²) in [5.41, 5.74) is 2.30. The van der Waals surface area contributed by atoms with Crippen LogP contribution in [0.2, 0.25) is 0 Å². The van der Waals surface area contributed by atoms with Gasteiger partial charge in [0.15, 0.2) is 0 Å². The van der Waals surface area contributed by atoms with Crippen LogP contribution in [0.4, 0.5) is 0 Å². The number of piperidine rings is 1. The Labute approximate surface area is 187 Å². The first-order valence-electron chi connectivity index (χ1n) is 10.5. The van der Waals surface area contributed by atoms with Gasteiger partial charge in [-0.1, -0.05) is 30.3 Å². The molecule has 1 saturated heterocycles. The van der Waals surface area contributed by atoms with Crippen LogP contribution in [0.5, 0.6) is 0 Å². The fourth-order valence-electron chi connectivity index (χ4n) is 4.47. The average Bonchev–Trinajstić information content (AvgIpc) is 3.34. The Balaban J connectivity index is 1.59. The summed E-state index contributed by atoms with van der Waals surface area (Å²) in [5.74, 6) is 0.0492. The molecule has 2 amide bonds. The van der Waals surface area contributed by atoms with E-state index in [-0.39, 0.29) is 11.8 Å². The third kappa shape index (κ3) is 4.54. The van der Waals surface area contributed by atoms with Crippen molar-refractivity contribution in [2.45, 2.75) is 19.3 Å². The quantitative estimate of drug-likeness (QED) is 0.601. The van der Waals surface area contributed by atoms with Gasteiger partial charge in [0.05, 0.1) is 5.41 Å². The van der Waals surface area contributed by atoms with Crippen molar-refractivity contribution < 1.29 is 9.59 Å². The smallest absolute Gasteiger partial charge is 0.253 e. The lowest BCUT2D eigenvalue weighted by atomic mass is 9.73. The second-order valence-corrected chi connectivity index (χ2v) is 9.34. The van der Waals surface area contributed by atoms with Gasteiger partial charge < -0.3 is 9.80 Å². The molecule has 0 radical (unpaired) electrons. The van der Waals surface area contributed by atoms with E-state index in [2.05, 4.69) is 46.8 Å². The largest absolute Gasteiger partial charge is 0.348 e. The molecule has 0 spiro atoms. The first-order chi connectivity index (χ1) is 15.0. The Kier molecular flexibility index (Phi) is 6.18. The van der Waals surface area contributed by atoms with Crippen molar-refractivity contribution in [1.29, 1.82) is 0 Å². The number of carbonyl (C=O) groups is 2. The molecule has 5 nitrogen and oxygen atoms in total. The van der Waals surface area contributed by atoms with Gasteiger partial charge >= 0.3 is 0 Å². The molecule has 1 aromatic carbocycles. The molecular weight excluding hydrogens is 406 g/mol.